The number of imidazole rings is 1. The van der Waals surface area contributed by atoms with E-state index in [1.54, 1.807) is 0 Å². The third kappa shape index (κ3) is 3.18. The molecule has 0 spiro atoms. The smallest absolute Gasteiger partial charge is 0.321 e. The molecule has 0 bridgehead atoms. The molecule has 2 aromatic rings. The number of fused-ring (bicyclic) bond motifs is 1. The zero-order valence-electron chi connectivity index (χ0n) is 12.7. The van der Waals surface area contributed by atoms with Crippen LogP contribution in [0.5, 0.6) is 0 Å². The van der Waals surface area contributed by atoms with Crippen LogP contribution < -0.4 is 5.73 Å². The maximum Gasteiger partial charge on any atom is 0.321 e. The van der Waals surface area contributed by atoms with Gasteiger partial charge >= 0.3 is 6.72 Å². The van der Waals surface area contributed by atoms with Gasteiger partial charge in [0.05, 0.1) is 12.9 Å². The maximum absolute atomic E-state index is 10.8. The number of ether oxygens (including phenoxy) is 1. The minimum absolute atomic E-state index is 0.144. The van der Waals surface area contributed by atoms with Crippen LogP contribution in [0.4, 0.5) is 5.82 Å². The van der Waals surface area contributed by atoms with Crippen LogP contribution >= 0.6 is 6.72 Å². The molecule has 0 unspecified atom stereocenters. The summed E-state index contributed by atoms with van der Waals surface area (Å²) in [7, 11) is 0. The number of aliphatic hydroxyl groups is 2. The molecule has 1 aliphatic heterocycles. The number of aromatic nitrogens is 4. The van der Waals surface area contributed by atoms with E-state index in [4.69, 9.17) is 24.8 Å². The first kappa shape index (κ1) is 18.3. The molecular formula is C12H16N5O6PS. The van der Waals surface area contributed by atoms with E-state index in [0.29, 0.717) is 5.52 Å². The summed E-state index contributed by atoms with van der Waals surface area (Å²) in [5.41, 5.74) is 4.39. The summed E-state index contributed by atoms with van der Waals surface area (Å²) in [6, 6.07) is 0. The van der Waals surface area contributed by atoms with Gasteiger partial charge in [-0.1, -0.05) is 12.7 Å². The summed E-state index contributed by atoms with van der Waals surface area (Å²) in [6.45, 7) is -0.853. The number of nitrogens with two attached hydrogens (primary N) is 1. The predicted molar refractivity (Wildman–Crippen MR) is 89.5 cm³/mol. The van der Waals surface area contributed by atoms with E-state index in [2.05, 4.69) is 33.3 Å². The van der Waals surface area contributed by atoms with Gasteiger partial charge in [-0.2, -0.15) is 0 Å². The van der Waals surface area contributed by atoms with Crippen LogP contribution in [0.3, 0.4) is 0 Å². The molecule has 1 fully saturated rings. The highest BCUT2D eigenvalue weighted by Crippen LogP contribution is 2.43. The highest BCUT2D eigenvalue weighted by molar-refractivity contribution is 8.06. The third-order valence-electron chi connectivity index (χ3n) is 3.90. The Morgan fingerprint density at radius 1 is 1.48 bits per heavy atom. The van der Waals surface area contributed by atoms with Gasteiger partial charge in [-0.25, -0.2) is 15.0 Å². The van der Waals surface area contributed by atoms with Crippen molar-refractivity contribution in [2.24, 2.45) is 0 Å². The Morgan fingerprint density at radius 3 is 2.84 bits per heavy atom. The minimum atomic E-state index is -3.94. The Labute approximate surface area is 146 Å². The molecule has 0 saturated carbocycles. The molecule has 0 aliphatic carbocycles. The zero-order valence-corrected chi connectivity index (χ0v) is 14.4. The first-order valence-electron chi connectivity index (χ1n) is 7.00. The molecule has 2 aromatic heterocycles. The van der Waals surface area contributed by atoms with Gasteiger partial charge in [0.2, 0.25) is 0 Å². The van der Waals surface area contributed by atoms with E-state index in [1.165, 1.54) is 17.2 Å². The highest BCUT2D eigenvalue weighted by Gasteiger charge is 2.55. The molecule has 1 saturated heterocycles. The first-order chi connectivity index (χ1) is 11.7. The van der Waals surface area contributed by atoms with E-state index >= 15 is 0 Å². The summed E-state index contributed by atoms with van der Waals surface area (Å²) in [6.07, 6.45) is -0.0787. The zero-order chi connectivity index (χ0) is 18.4. The molecule has 4 atom stereocenters. The lowest BCUT2D eigenvalue weighted by atomic mass is 9.94. The Bertz CT molecular complexity index is 858. The summed E-state index contributed by atoms with van der Waals surface area (Å²) in [5, 5.41) is 21.2. The van der Waals surface area contributed by atoms with E-state index in [9.17, 15) is 10.2 Å². The Morgan fingerprint density at radius 2 is 2.20 bits per heavy atom. The van der Waals surface area contributed by atoms with E-state index < -0.39 is 37.4 Å². The number of nitrogen functional groups attached to an aromatic ring is 1. The van der Waals surface area contributed by atoms with E-state index in [1.807, 2.05) is 0 Å². The Kier molecular flexibility index (Phi) is 4.64. The fourth-order valence-electron chi connectivity index (χ4n) is 2.65. The molecule has 136 valence electrons. The van der Waals surface area contributed by atoms with Gasteiger partial charge in [0.15, 0.2) is 23.3 Å². The second-order valence-electron chi connectivity index (χ2n) is 5.43. The molecule has 13 heteroatoms. The number of hydrogen-bond donors (Lipinski definition) is 5. The van der Waals surface area contributed by atoms with Gasteiger partial charge in [-0.05, 0) is 11.8 Å². The lowest BCUT2D eigenvalue weighted by Gasteiger charge is -2.28. The van der Waals surface area contributed by atoms with Crippen molar-refractivity contribution < 1.29 is 29.3 Å². The largest absolute Gasteiger partial charge is 0.387 e. The highest BCUT2D eigenvalue weighted by atomic mass is 32.5. The van der Waals surface area contributed by atoms with Crippen molar-refractivity contribution in [3.63, 3.8) is 0 Å². The number of hydrogen-bond acceptors (Lipinski definition) is 9. The number of aliphatic hydroxyl groups excluding tert-OH is 1. The minimum Gasteiger partial charge on any atom is -0.387 e. The van der Waals surface area contributed by atoms with Crippen LogP contribution in [-0.2, 0) is 21.1 Å². The van der Waals surface area contributed by atoms with Crippen molar-refractivity contribution in [2.75, 3.05) is 12.3 Å². The number of rotatable bonds is 5. The second-order valence-corrected chi connectivity index (χ2v) is 8.10. The van der Waals surface area contributed by atoms with Crippen molar-refractivity contribution in [1.29, 1.82) is 0 Å². The fraction of sp³-hybridized carbons (Fsp3) is 0.417. The van der Waals surface area contributed by atoms with Crippen LogP contribution in [0.15, 0.2) is 25.3 Å². The predicted octanol–water partition coefficient (Wildman–Crippen LogP) is -1.19. The lowest BCUT2D eigenvalue weighted by Crippen LogP contribution is -2.45. The maximum atomic E-state index is 10.8. The monoisotopic (exact) mass is 389 g/mol. The van der Waals surface area contributed by atoms with Gasteiger partial charge in [-0.15, -0.1) is 0 Å². The molecule has 3 heterocycles. The quantitative estimate of drug-likeness (QED) is 0.308. The van der Waals surface area contributed by atoms with Crippen molar-refractivity contribution in [3.8, 4) is 0 Å². The molecular weight excluding hydrogens is 373 g/mol. The molecule has 25 heavy (non-hydrogen) atoms. The van der Waals surface area contributed by atoms with Gasteiger partial charge < -0.3 is 35.0 Å². The van der Waals surface area contributed by atoms with Gasteiger partial charge in [-0.3, -0.25) is 4.57 Å². The van der Waals surface area contributed by atoms with Crippen LogP contribution in [0.2, 0.25) is 0 Å². The summed E-state index contributed by atoms with van der Waals surface area (Å²) in [4.78, 5) is 30.3. The molecule has 3 rings (SSSR count). The summed E-state index contributed by atoms with van der Waals surface area (Å²) in [5.74, 6) is 0.144. The Balaban J connectivity index is 1.98. The van der Waals surface area contributed by atoms with Gasteiger partial charge in [0, 0.05) is 0 Å². The van der Waals surface area contributed by atoms with Crippen molar-refractivity contribution in [3.05, 3.63) is 25.3 Å². The molecule has 1 aliphatic rings. The van der Waals surface area contributed by atoms with Crippen molar-refractivity contribution >= 4 is 35.5 Å². The molecule has 0 radical (unpaired) electrons. The van der Waals surface area contributed by atoms with E-state index in [0.717, 1.165) is 6.08 Å². The van der Waals surface area contributed by atoms with E-state index in [-0.39, 0.29) is 11.5 Å². The van der Waals surface area contributed by atoms with Gasteiger partial charge in [0.25, 0.3) is 0 Å². The summed E-state index contributed by atoms with van der Waals surface area (Å²) >= 11 is 4.36. The molecule has 0 amide bonds. The standard InChI is InChI=1S/C12H16N5O6PS/c1-2-12(19)8(18)6(3-22-24(20,21)25)23-11(12)17-5-16-7-9(13)14-4-15-10(7)17/h2,4-6,8,11,18-19H,1,3H2,(H2,13,14,15)(H2,20,21,25)/t6-,8-,11-,12-/m1/s1. The fourth-order valence-corrected chi connectivity index (χ4v) is 3.17. The van der Waals surface area contributed by atoms with Crippen LogP contribution in [0, 0.1) is 0 Å². The summed E-state index contributed by atoms with van der Waals surface area (Å²) < 4.78 is 11.7. The molecule has 11 nitrogen and oxygen atoms in total. The normalized spacial score (nSPS) is 30.0. The van der Waals surface area contributed by atoms with Crippen LogP contribution in [-0.4, -0.2) is 63.9 Å². The number of nitrogens with zero attached hydrogens (tertiary/aromatic N) is 4. The van der Waals surface area contributed by atoms with Crippen LogP contribution in [0.25, 0.3) is 11.2 Å². The molecule has 0 aromatic carbocycles. The lowest BCUT2D eigenvalue weighted by molar-refractivity contribution is -0.0765. The SMILES string of the molecule is C=C[C@@]1(O)[C@H](O)[C@@H](COP(O)(O)=S)O[C@H]1n1cnc2c(N)ncnc21. The first-order valence-corrected chi connectivity index (χ1v) is 9.62. The van der Waals surface area contributed by atoms with Crippen molar-refractivity contribution in [2.45, 2.75) is 24.0 Å². The van der Waals surface area contributed by atoms with Gasteiger partial charge in [0.1, 0.15) is 24.1 Å². The second kappa shape index (κ2) is 6.34. The average molecular weight is 389 g/mol. The van der Waals surface area contributed by atoms with Crippen LogP contribution in [0.1, 0.15) is 6.23 Å². The van der Waals surface area contributed by atoms with Crippen molar-refractivity contribution in [1.82, 2.24) is 19.5 Å². The average Bonchev–Trinajstić information content (AvgIpc) is 3.07. The number of anilines is 1. The topological polar surface area (TPSA) is 169 Å². The molecule has 6 N–H and O–H groups in total. The Hall–Kier alpha value is -1.50. The third-order valence-corrected chi connectivity index (χ3v) is 4.70.